The second-order valence-electron chi connectivity index (χ2n) is 4.69. The fraction of sp³-hybridized carbons (Fsp3) is 0.818. The highest BCUT2D eigenvalue weighted by Crippen LogP contribution is 1.99. The van der Waals surface area contributed by atoms with E-state index in [1.54, 1.807) is 6.92 Å². The third kappa shape index (κ3) is 7.24. The number of sulfonamides is 1. The average molecular weight is 290 g/mol. The van der Waals surface area contributed by atoms with E-state index in [1.807, 2.05) is 0 Å². The van der Waals surface area contributed by atoms with Crippen LogP contribution in [0.15, 0.2) is 4.52 Å². The minimum atomic E-state index is -3.28. The molecule has 0 amide bonds. The Labute approximate surface area is 114 Å². The Kier molecular flexibility index (Phi) is 6.40. The van der Waals surface area contributed by atoms with Crippen LogP contribution >= 0.6 is 0 Å². The second-order valence-corrected chi connectivity index (χ2v) is 6.62. The first kappa shape index (κ1) is 16.1. The Morgan fingerprint density at radius 2 is 2.05 bits per heavy atom. The fourth-order valence-electron chi connectivity index (χ4n) is 1.46. The maximum atomic E-state index is 11.7. The van der Waals surface area contributed by atoms with Crippen molar-refractivity contribution in [3.05, 3.63) is 11.7 Å². The molecule has 1 aromatic rings. The number of hydrogen-bond acceptors (Lipinski definition) is 6. The lowest BCUT2D eigenvalue weighted by Crippen LogP contribution is -2.27. The average Bonchev–Trinajstić information content (AvgIpc) is 2.72. The van der Waals surface area contributed by atoms with Gasteiger partial charge in [-0.15, -0.1) is 0 Å². The van der Waals surface area contributed by atoms with Crippen LogP contribution < -0.4 is 10.0 Å². The van der Waals surface area contributed by atoms with Crippen molar-refractivity contribution in [1.29, 1.82) is 0 Å². The third-order valence-electron chi connectivity index (χ3n) is 2.41. The predicted molar refractivity (Wildman–Crippen MR) is 72.0 cm³/mol. The molecule has 0 atom stereocenters. The molecule has 8 heteroatoms. The van der Waals surface area contributed by atoms with Crippen molar-refractivity contribution in [3.8, 4) is 0 Å². The zero-order chi connectivity index (χ0) is 14.3. The molecule has 0 unspecified atom stereocenters. The summed E-state index contributed by atoms with van der Waals surface area (Å²) in [6, 6.07) is 0.426. The van der Waals surface area contributed by atoms with E-state index in [1.165, 1.54) is 0 Å². The molecule has 110 valence electrons. The molecule has 0 radical (unpaired) electrons. The lowest BCUT2D eigenvalue weighted by Gasteiger charge is -2.08. The number of rotatable bonds is 9. The second kappa shape index (κ2) is 7.56. The summed E-state index contributed by atoms with van der Waals surface area (Å²) < 4.78 is 30.6. The molecule has 0 saturated heterocycles. The summed E-state index contributed by atoms with van der Waals surface area (Å²) in [6.45, 7) is 6.68. The first-order chi connectivity index (χ1) is 8.89. The van der Waals surface area contributed by atoms with Crippen molar-refractivity contribution < 1.29 is 12.9 Å². The molecule has 1 heterocycles. The van der Waals surface area contributed by atoms with Gasteiger partial charge >= 0.3 is 0 Å². The summed E-state index contributed by atoms with van der Waals surface area (Å²) in [5, 5.41) is 6.83. The minimum Gasteiger partial charge on any atom is -0.338 e. The van der Waals surface area contributed by atoms with Gasteiger partial charge in [-0.2, -0.15) is 4.98 Å². The summed E-state index contributed by atoms with van der Waals surface area (Å²) in [7, 11) is -3.28. The van der Waals surface area contributed by atoms with Gasteiger partial charge in [0.1, 0.15) is 0 Å². The van der Waals surface area contributed by atoms with Crippen LogP contribution in [0.3, 0.4) is 0 Å². The van der Waals surface area contributed by atoms with Crippen LogP contribution in [0.5, 0.6) is 0 Å². The van der Waals surface area contributed by atoms with Gasteiger partial charge in [0.05, 0.1) is 12.3 Å². The van der Waals surface area contributed by atoms with Crippen molar-refractivity contribution in [2.24, 2.45) is 0 Å². The molecular formula is C11H22N4O3S. The number of nitrogens with one attached hydrogen (secondary N) is 2. The first-order valence-electron chi connectivity index (χ1n) is 6.39. The van der Waals surface area contributed by atoms with E-state index in [9.17, 15) is 8.42 Å². The molecular weight excluding hydrogens is 268 g/mol. The number of nitrogens with zero attached hydrogens (tertiary/aromatic N) is 2. The summed E-state index contributed by atoms with van der Waals surface area (Å²) in [6.07, 6.45) is 1.46. The zero-order valence-electron chi connectivity index (χ0n) is 11.6. The Balaban J connectivity index is 2.21. The molecule has 0 bridgehead atoms. The highest BCUT2D eigenvalue weighted by atomic mass is 32.2. The summed E-state index contributed by atoms with van der Waals surface area (Å²) >= 11 is 0. The van der Waals surface area contributed by atoms with Crippen LogP contribution in [-0.2, 0) is 16.6 Å². The molecule has 1 rings (SSSR count). The van der Waals surface area contributed by atoms with Crippen LogP contribution in [0.1, 0.15) is 38.4 Å². The molecule has 0 aliphatic rings. The van der Waals surface area contributed by atoms with E-state index in [0.717, 1.165) is 13.0 Å². The van der Waals surface area contributed by atoms with Crippen molar-refractivity contribution in [3.63, 3.8) is 0 Å². The van der Waals surface area contributed by atoms with E-state index in [4.69, 9.17) is 4.52 Å². The molecule has 0 fully saturated rings. The van der Waals surface area contributed by atoms with Gasteiger partial charge in [0.2, 0.25) is 15.9 Å². The van der Waals surface area contributed by atoms with Gasteiger partial charge in [-0.05, 0) is 26.3 Å². The highest BCUT2D eigenvalue weighted by Gasteiger charge is 2.12. The fourth-order valence-corrected chi connectivity index (χ4v) is 2.54. The molecule has 0 spiro atoms. The van der Waals surface area contributed by atoms with Gasteiger partial charge in [-0.3, -0.25) is 0 Å². The standard InChI is InChI=1S/C11H22N4O3S/c1-9(2)12-6-4-5-7-19(16,17)13-8-11-14-10(3)15-18-11/h9,12-13H,4-8H2,1-3H3. The quantitative estimate of drug-likeness (QED) is 0.646. The maximum Gasteiger partial charge on any atom is 0.241 e. The minimum absolute atomic E-state index is 0.0490. The molecule has 0 saturated carbocycles. The normalized spacial score (nSPS) is 12.2. The Morgan fingerprint density at radius 1 is 1.32 bits per heavy atom. The summed E-state index contributed by atoms with van der Waals surface area (Å²) in [5.41, 5.74) is 0. The van der Waals surface area contributed by atoms with Crippen LogP contribution in [0.25, 0.3) is 0 Å². The maximum absolute atomic E-state index is 11.7. The van der Waals surface area contributed by atoms with Crippen LogP contribution in [0.4, 0.5) is 0 Å². The molecule has 1 aromatic heterocycles. The highest BCUT2D eigenvalue weighted by molar-refractivity contribution is 7.89. The number of aryl methyl sites for hydroxylation is 1. The van der Waals surface area contributed by atoms with Crippen LogP contribution in [0.2, 0.25) is 0 Å². The summed E-state index contributed by atoms with van der Waals surface area (Å²) in [5.74, 6) is 0.886. The summed E-state index contributed by atoms with van der Waals surface area (Å²) in [4.78, 5) is 3.93. The van der Waals surface area contributed by atoms with E-state index < -0.39 is 10.0 Å². The molecule has 0 aliphatic heterocycles. The molecule has 7 nitrogen and oxygen atoms in total. The van der Waals surface area contributed by atoms with Gasteiger partial charge in [-0.25, -0.2) is 13.1 Å². The van der Waals surface area contributed by atoms with E-state index >= 15 is 0 Å². The van der Waals surface area contributed by atoms with Gasteiger partial charge in [0.15, 0.2) is 5.82 Å². The van der Waals surface area contributed by atoms with E-state index in [2.05, 4.69) is 34.0 Å². The molecule has 0 aromatic carbocycles. The van der Waals surface area contributed by atoms with Crippen LogP contribution in [0, 0.1) is 6.92 Å². The monoisotopic (exact) mass is 290 g/mol. The Hall–Kier alpha value is -0.990. The number of aromatic nitrogens is 2. The topological polar surface area (TPSA) is 97.1 Å². The number of unbranched alkanes of at least 4 members (excludes halogenated alkanes) is 1. The zero-order valence-corrected chi connectivity index (χ0v) is 12.5. The number of hydrogen-bond donors (Lipinski definition) is 2. The molecule has 0 aliphatic carbocycles. The first-order valence-corrected chi connectivity index (χ1v) is 8.04. The van der Waals surface area contributed by atoms with Crippen molar-refractivity contribution in [1.82, 2.24) is 20.2 Å². The van der Waals surface area contributed by atoms with Gasteiger partial charge in [-0.1, -0.05) is 19.0 Å². The largest absolute Gasteiger partial charge is 0.338 e. The molecule has 19 heavy (non-hydrogen) atoms. The van der Waals surface area contributed by atoms with Gasteiger partial charge in [0, 0.05) is 6.04 Å². The van der Waals surface area contributed by atoms with Crippen LogP contribution in [-0.4, -0.2) is 36.9 Å². The Morgan fingerprint density at radius 3 is 2.63 bits per heavy atom. The van der Waals surface area contributed by atoms with Gasteiger partial charge in [0.25, 0.3) is 0 Å². The smallest absolute Gasteiger partial charge is 0.241 e. The lowest BCUT2D eigenvalue weighted by atomic mass is 10.3. The van der Waals surface area contributed by atoms with Crippen molar-refractivity contribution in [2.45, 2.75) is 46.2 Å². The van der Waals surface area contributed by atoms with E-state index in [0.29, 0.717) is 18.3 Å². The Bertz CT molecular complexity index is 470. The predicted octanol–water partition coefficient (Wildman–Crippen LogP) is 0.576. The van der Waals surface area contributed by atoms with Gasteiger partial charge < -0.3 is 9.84 Å². The van der Waals surface area contributed by atoms with Crippen molar-refractivity contribution >= 4 is 10.0 Å². The lowest BCUT2D eigenvalue weighted by molar-refractivity contribution is 0.372. The SMILES string of the molecule is Cc1noc(CNS(=O)(=O)CCCCNC(C)C)n1. The van der Waals surface area contributed by atoms with E-state index in [-0.39, 0.29) is 18.2 Å². The van der Waals surface area contributed by atoms with Crippen molar-refractivity contribution in [2.75, 3.05) is 12.3 Å². The third-order valence-corrected chi connectivity index (χ3v) is 3.82. The molecule has 2 N–H and O–H groups in total.